The van der Waals surface area contributed by atoms with Crippen LogP contribution in [0.1, 0.15) is 74.7 Å². The highest BCUT2D eigenvalue weighted by molar-refractivity contribution is 6.13. The molecule has 0 heterocycles. The molecule has 0 radical (unpaired) electrons. The van der Waals surface area contributed by atoms with E-state index in [2.05, 4.69) is 51.0 Å². The number of allylic oxidation sites excluding steroid dienone is 4. The molecule has 12 heteroatoms. The van der Waals surface area contributed by atoms with Crippen molar-refractivity contribution in [1.29, 1.82) is 0 Å². The molecule has 0 aromatic heterocycles. The second-order valence-corrected chi connectivity index (χ2v) is 13.3. The van der Waals surface area contributed by atoms with Crippen molar-refractivity contribution in [2.45, 2.75) is 34.6 Å². The predicted molar refractivity (Wildman–Crippen MR) is 260 cm³/mol. The summed E-state index contributed by atoms with van der Waals surface area (Å²) < 4.78 is 0. The standard InChI is InChI=1S/C36H30N6O5.C7H10O.C7H8.C2H6/c1-37-27-7-11-29(12-8-27)40-34(45)24-19-25(35(46)41-30-13-9-28(10-14-30)38-22-43)21-26(20-24)36(47)42-32-17-15-31(16-18-32)39-33(44)23-5-3-2-4-6-23;1-3-5-7(4-2)6-8;1-7-5-3-2-4-6-7;1-2/h2-22,37H,1H3,(H,38,43)(H,39,44)(H,40,45)(H,41,46)(H,42,47);3-6H,1-2H3;2-6H,1H3;1-2H3/b;5-3-,7-4+;;. The molecule has 0 unspecified atom stereocenters. The van der Waals surface area contributed by atoms with Crippen LogP contribution in [0.5, 0.6) is 0 Å². The van der Waals surface area contributed by atoms with Crippen LogP contribution in [-0.4, -0.2) is 43.4 Å². The molecular weight excluding hydrogens is 805 g/mol. The molecule has 6 aromatic carbocycles. The summed E-state index contributed by atoms with van der Waals surface area (Å²) in [5.74, 6) is -1.90. The van der Waals surface area contributed by atoms with Gasteiger partial charge in [-0.3, -0.25) is 28.8 Å². The van der Waals surface area contributed by atoms with E-state index in [1.807, 2.05) is 58.0 Å². The number of hydrogen-bond donors (Lipinski definition) is 6. The average molecular weight is 859 g/mol. The molecular formula is C52H54N6O6. The number of hydrogen-bond acceptors (Lipinski definition) is 7. The molecule has 6 N–H and O–H groups in total. The van der Waals surface area contributed by atoms with E-state index in [0.29, 0.717) is 40.4 Å². The topological polar surface area (TPSA) is 175 Å². The average Bonchev–Trinajstić information content (AvgIpc) is 3.33. The van der Waals surface area contributed by atoms with Gasteiger partial charge in [0, 0.05) is 69.0 Å². The molecule has 0 aliphatic carbocycles. The summed E-state index contributed by atoms with van der Waals surface area (Å²) >= 11 is 0. The van der Waals surface area contributed by atoms with Gasteiger partial charge in [-0.25, -0.2) is 0 Å². The van der Waals surface area contributed by atoms with Gasteiger partial charge in [-0.1, -0.05) is 86.2 Å². The van der Waals surface area contributed by atoms with Crippen molar-refractivity contribution in [3.05, 3.63) is 203 Å². The lowest BCUT2D eigenvalue weighted by Crippen LogP contribution is -2.19. The van der Waals surface area contributed by atoms with E-state index in [4.69, 9.17) is 0 Å². The first-order chi connectivity index (χ1) is 31.0. The van der Waals surface area contributed by atoms with Crippen LogP contribution < -0.4 is 31.9 Å². The molecule has 6 aromatic rings. The summed E-state index contributed by atoms with van der Waals surface area (Å²) in [6, 6.07) is 43.3. The first-order valence-corrected chi connectivity index (χ1v) is 20.4. The van der Waals surface area contributed by atoms with Crippen LogP contribution in [-0.2, 0) is 9.59 Å². The van der Waals surface area contributed by atoms with Crippen LogP contribution >= 0.6 is 0 Å². The van der Waals surface area contributed by atoms with E-state index in [-0.39, 0.29) is 22.6 Å². The highest BCUT2D eigenvalue weighted by atomic mass is 16.2. The van der Waals surface area contributed by atoms with E-state index in [0.717, 1.165) is 17.5 Å². The molecule has 0 spiro atoms. The first-order valence-electron chi connectivity index (χ1n) is 20.4. The molecule has 0 fully saturated rings. The number of rotatable bonds is 13. The van der Waals surface area contributed by atoms with E-state index in [1.165, 1.54) is 23.8 Å². The number of anilines is 6. The number of aryl methyl sites for hydroxylation is 1. The summed E-state index contributed by atoms with van der Waals surface area (Å²) in [5, 5.41) is 16.6. The van der Waals surface area contributed by atoms with Crippen LogP contribution in [0.2, 0.25) is 0 Å². The van der Waals surface area contributed by atoms with Crippen molar-refractivity contribution in [3.63, 3.8) is 0 Å². The minimum atomic E-state index is -0.558. The van der Waals surface area contributed by atoms with Crippen LogP contribution in [0.15, 0.2) is 175 Å². The third-order valence-corrected chi connectivity index (χ3v) is 8.72. The quantitative estimate of drug-likeness (QED) is 0.0381. The van der Waals surface area contributed by atoms with Gasteiger partial charge in [0.05, 0.1) is 0 Å². The molecule has 64 heavy (non-hydrogen) atoms. The fraction of sp³-hybridized carbons (Fsp3) is 0.115. The lowest BCUT2D eigenvalue weighted by atomic mass is 10.0. The Morgan fingerprint density at radius 2 is 0.797 bits per heavy atom. The monoisotopic (exact) mass is 858 g/mol. The van der Waals surface area contributed by atoms with Gasteiger partial charge in [0.2, 0.25) is 6.41 Å². The van der Waals surface area contributed by atoms with Gasteiger partial charge in [-0.15, -0.1) is 0 Å². The maximum atomic E-state index is 13.4. The number of amides is 5. The fourth-order valence-corrected chi connectivity index (χ4v) is 5.43. The molecule has 12 nitrogen and oxygen atoms in total. The Hall–Kier alpha value is -8.38. The SMILES string of the molecule is C/C=C\C(C=O)=C/C.CC.CNc1ccc(NC(=O)c2cc(C(=O)Nc3ccc(NC=O)cc3)cc(C(=O)Nc3ccc(NC(=O)c4ccccc4)cc3)c2)cc1.Cc1ccccc1. The molecule has 0 saturated carbocycles. The maximum absolute atomic E-state index is 13.4. The van der Waals surface area contributed by atoms with E-state index in [1.54, 1.807) is 116 Å². The Morgan fingerprint density at radius 3 is 1.08 bits per heavy atom. The van der Waals surface area contributed by atoms with Gasteiger partial charge in [0.25, 0.3) is 23.6 Å². The van der Waals surface area contributed by atoms with E-state index < -0.39 is 17.7 Å². The third kappa shape index (κ3) is 16.9. The van der Waals surface area contributed by atoms with Crippen LogP contribution in [0, 0.1) is 6.92 Å². The number of carbonyl (C=O) groups is 6. The van der Waals surface area contributed by atoms with Crippen molar-refractivity contribution < 1.29 is 28.8 Å². The molecule has 0 bridgehead atoms. The van der Waals surface area contributed by atoms with Gasteiger partial charge in [-0.05, 0) is 124 Å². The molecule has 5 amide bonds. The summed E-state index contributed by atoms with van der Waals surface area (Å²) in [6.07, 6.45) is 6.76. The Bertz CT molecular complexity index is 2490. The van der Waals surface area contributed by atoms with Gasteiger partial charge in [0.15, 0.2) is 0 Å². The zero-order valence-corrected chi connectivity index (χ0v) is 36.8. The second-order valence-electron chi connectivity index (χ2n) is 13.3. The zero-order valence-electron chi connectivity index (χ0n) is 36.8. The maximum Gasteiger partial charge on any atom is 0.255 e. The van der Waals surface area contributed by atoms with Gasteiger partial charge in [-0.2, -0.15) is 0 Å². The minimum absolute atomic E-state index is 0.0697. The van der Waals surface area contributed by atoms with Crippen molar-refractivity contribution in [2.75, 3.05) is 38.9 Å². The molecule has 0 aliphatic heterocycles. The second kappa shape index (κ2) is 27.5. The highest BCUT2D eigenvalue weighted by Crippen LogP contribution is 2.21. The highest BCUT2D eigenvalue weighted by Gasteiger charge is 2.18. The van der Waals surface area contributed by atoms with Gasteiger partial charge in [0.1, 0.15) is 6.29 Å². The number of benzene rings is 6. The summed E-state index contributed by atoms with van der Waals surface area (Å²) in [7, 11) is 1.78. The molecule has 0 atom stereocenters. The van der Waals surface area contributed by atoms with Crippen LogP contribution in [0.25, 0.3) is 0 Å². The zero-order chi connectivity index (χ0) is 46.7. The van der Waals surface area contributed by atoms with E-state index >= 15 is 0 Å². The summed E-state index contributed by atoms with van der Waals surface area (Å²) in [4.78, 5) is 73.2. The van der Waals surface area contributed by atoms with Crippen LogP contribution in [0.4, 0.5) is 34.1 Å². The Labute approximate surface area is 374 Å². The molecule has 6 rings (SSSR count). The van der Waals surface area contributed by atoms with Crippen molar-refractivity contribution in [3.8, 4) is 0 Å². The largest absolute Gasteiger partial charge is 0.388 e. The first kappa shape index (κ1) is 50.0. The predicted octanol–water partition coefficient (Wildman–Crippen LogP) is 11.0. The summed E-state index contributed by atoms with van der Waals surface area (Å²) in [6.45, 7) is 9.80. The van der Waals surface area contributed by atoms with Crippen molar-refractivity contribution in [1.82, 2.24) is 0 Å². The number of carbonyl (C=O) groups excluding carboxylic acids is 6. The number of aldehydes is 1. The minimum Gasteiger partial charge on any atom is -0.388 e. The molecule has 0 aliphatic rings. The Morgan fingerprint density at radius 1 is 0.453 bits per heavy atom. The van der Waals surface area contributed by atoms with E-state index in [9.17, 15) is 28.8 Å². The third-order valence-electron chi connectivity index (χ3n) is 8.72. The van der Waals surface area contributed by atoms with Crippen molar-refractivity contribution >= 4 is 70.4 Å². The Kier molecular flexibility index (Phi) is 21.4. The van der Waals surface area contributed by atoms with Gasteiger partial charge >= 0.3 is 0 Å². The molecule has 0 saturated heterocycles. The lowest BCUT2D eigenvalue weighted by molar-refractivity contribution is -0.105. The summed E-state index contributed by atoms with van der Waals surface area (Å²) in [5.41, 5.74) is 6.13. The Balaban J connectivity index is 0.000000539. The normalized spacial score (nSPS) is 10.1. The van der Waals surface area contributed by atoms with Gasteiger partial charge < -0.3 is 31.9 Å². The molecule has 328 valence electrons. The fourth-order valence-electron chi connectivity index (χ4n) is 5.43. The van der Waals surface area contributed by atoms with Crippen LogP contribution in [0.3, 0.4) is 0 Å². The van der Waals surface area contributed by atoms with Crippen molar-refractivity contribution in [2.24, 2.45) is 0 Å². The lowest BCUT2D eigenvalue weighted by Gasteiger charge is -2.12. The smallest absolute Gasteiger partial charge is 0.255 e. The number of nitrogens with one attached hydrogen (secondary N) is 6.